The zero-order chi connectivity index (χ0) is 13.8. The molecule has 1 heterocycles. The number of anilines is 1. The Bertz CT molecular complexity index is 428. The number of nitrogens with one attached hydrogen (secondary N) is 1. The van der Waals surface area contributed by atoms with Gasteiger partial charge in [-0.25, -0.2) is 0 Å². The number of nitrogens with zero attached hydrogens (tertiary/aromatic N) is 1. The molecule has 19 heavy (non-hydrogen) atoms. The lowest BCUT2D eigenvalue weighted by Crippen LogP contribution is -2.48. The fraction of sp³-hybridized carbons (Fsp3) is 0.571. The van der Waals surface area contributed by atoms with Crippen LogP contribution in [0, 0.1) is 0 Å². The van der Waals surface area contributed by atoms with Crippen molar-refractivity contribution in [1.29, 1.82) is 0 Å². The van der Waals surface area contributed by atoms with Crippen LogP contribution in [0.2, 0.25) is 5.02 Å². The number of morpholine rings is 1. The Morgan fingerprint density at radius 2 is 2.32 bits per heavy atom. The fourth-order valence-electron chi connectivity index (χ4n) is 2.17. The Morgan fingerprint density at radius 1 is 1.53 bits per heavy atom. The minimum atomic E-state index is 0.235. The van der Waals surface area contributed by atoms with E-state index < -0.39 is 0 Å². The standard InChI is InChI=1S/C14H20BrClN2O/c1-10(2)18-5-6-19-12(9-18)8-17-11-3-4-13(15)14(16)7-11/h3-4,7,10,12,17H,5-6,8-9H2,1-2H3. The van der Waals surface area contributed by atoms with E-state index in [9.17, 15) is 0 Å². The monoisotopic (exact) mass is 346 g/mol. The fourth-order valence-corrected chi connectivity index (χ4v) is 2.60. The van der Waals surface area contributed by atoms with Gasteiger partial charge in [0.15, 0.2) is 0 Å². The lowest BCUT2D eigenvalue weighted by Gasteiger charge is -2.35. The zero-order valence-electron chi connectivity index (χ0n) is 11.3. The summed E-state index contributed by atoms with van der Waals surface area (Å²) in [6, 6.07) is 6.47. The summed E-state index contributed by atoms with van der Waals surface area (Å²) in [5, 5.41) is 4.11. The van der Waals surface area contributed by atoms with Gasteiger partial charge in [-0.3, -0.25) is 4.90 Å². The highest BCUT2D eigenvalue weighted by Crippen LogP contribution is 2.25. The van der Waals surface area contributed by atoms with Crippen LogP contribution in [0.4, 0.5) is 5.69 Å². The van der Waals surface area contributed by atoms with E-state index in [4.69, 9.17) is 16.3 Å². The molecule has 0 radical (unpaired) electrons. The van der Waals surface area contributed by atoms with Crippen LogP contribution < -0.4 is 5.32 Å². The molecule has 0 spiro atoms. The molecule has 1 aromatic carbocycles. The van der Waals surface area contributed by atoms with Crippen molar-refractivity contribution in [2.24, 2.45) is 0 Å². The summed E-state index contributed by atoms with van der Waals surface area (Å²) in [6.07, 6.45) is 0.235. The van der Waals surface area contributed by atoms with Crippen molar-refractivity contribution in [2.45, 2.75) is 26.0 Å². The summed E-state index contributed by atoms with van der Waals surface area (Å²) in [4.78, 5) is 2.45. The van der Waals surface area contributed by atoms with Crippen molar-refractivity contribution in [3.63, 3.8) is 0 Å². The maximum absolute atomic E-state index is 6.07. The minimum Gasteiger partial charge on any atom is -0.382 e. The molecule has 2 rings (SSSR count). The van der Waals surface area contributed by atoms with E-state index in [0.29, 0.717) is 6.04 Å². The number of hydrogen-bond donors (Lipinski definition) is 1. The summed E-state index contributed by atoms with van der Waals surface area (Å²) in [7, 11) is 0. The molecule has 3 nitrogen and oxygen atoms in total. The van der Waals surface area contributed by atoms with E-state index in [1.54, 1.807) is 0 Å². The molecule has 0 aromatic heterocycles. The quantitative estimate of drug-likeness (QED) is 0.900. The van der Waals surface area contributed by atoms with Crippen LogP contribution in [0.1, 0.15) is 13.8 Å². The van der Waals surface area contributed by atoms with Crippen molar-refractivity contribution < 1.29 is 4.74 Å². The third kappa shape index (κ3) is 4.35. The number of ether oxygens (including phenoxy) is 1. The van der Waals surface area contributed by atoms with Gasteiger partial charge in [-0.2, -0.15) is 0 Å². The van der Waals surface area contributed by atoms with E-state index in [0.717, 1.165) is 41.4 Å². The third-order valence-corrected chi connectivity index (χ3v) is 4.59. The van der Waals surface area contributed by atoms with Crippen LogP contribution in [-0.4, -0.2) is 43.3 Å². The normalized spacial score (nSPS) is 20.8. The summed E-state index contributed by atoms with van der Waals surface area (Å²) in [5.41, 5.74) is 1.03. The molecule has 0 amide bonds. The summed E-state index contributed by atoms with van der Waals surface area (Å²) >= 11 is 9.46. The lowest BCUT2D eigenvalue weighted by molar-refractivity contribution is -0.0315. The summed E-state index contributed by atoms with van der Waals surface area (Å²) < 4.78 is 6.70. The Labute approximate surface area is 128 Å². The van der Waals surface area contributed by atoms with Gasteiger partial charge >= 0.3 is 0 Å². The van der Waals surface area contributed by atoms with Crippen LogP contribution in [0.5, 0.6) is 0 Å². The molecular weight excluding hydrogens is 328 g/mol. The average Bonchev–Trinajstić information content (AvgIpc) is 2.40. The first kappa shape index (κ1) is 15.1. The zero-order valence-corrected chi connectivity index (χ0v) is 13.7. The molecule has 1 saturated heterocycles. The van der Waals surface area contributed by atoms with Crippen molar-refractivity contribution >= 4 is 33.2 Å². The van der Waals surface area contributed by atoms with E-state index in [2.05, 4.69) is 40.0 Å². The second-order valence-electron chi connectivity index (χ2n) is 5.09. The highest BCUT2D eigenvalue weighted by atomic mass is 79.9. The first-order valence-corrected chi connectivity index (χ1v) is 7.78. The van der Waals surface area contributed by atoms with Gasteiger partial charge in [-0.1, -0.05) is 11.6 Å². The van der Waals surface area contributed by atoms with Crippen molar-refractivity contribution in [1.82, 2.24) is 4.90 Å². The molecule has 1 aliphatic heterocycles. The highest BCUT2D eigenvalue weighted by Gasteiger charge is 2.21. The molecule has 5 heteroatoms. The van der Waals surface area contributed by atoms with E-state index in [-0.39, 0.29) is 6.10 Å². The summed E-state index contributed by atoms with van der Waals surface area (Å²) in [5.74, 6) is 0. The van der Waals surface area contributed by atoms with E-state index in [1.165, 1.54) is 0 Å². The second kappa shape index (κ2) is 6.93. The molecule has 1 N–H and O–H groups in total. The van der Waals surface area contributed by atoms with Crippen molar-refractivity contribution in [2.75, 3.05) is 31.6 Å². The highest BCUT2D eigenvalue weighted by molar-refractivity contribution is 9.10. The maximum Gasteiger partial charge on any atom is 0.0874 e. The summed E-state index contributed by atoms with van der Waals surface area (Å²) in [6.45, 7) is 8.08. The van der Waals surface area contributed by atoms with Crippen LogP contribution in [0.3, 0.4) is 0 Å². The predicted octanol–water partition coefficient (Wildman–Crippen LogP) is 3.62. The first-order valence-electron chi connectivity index (χ1n) is 6.61. The van der Waals surface area contributed by atoms with Gasteiger partial charge in [0.1, 0.15) is 0 Å². The van der Waals surface area contributed by atoms with Gasteiger partial charge in [0.2, 0.25) is 0 Å². The Morgan fingerprint density at radius 3 is 3.00 bits per heavy atom. The van der Waals surface area contributed by atoms with Gasteiger partial charge in [-0.15, -0.1) is 0 Å². The van der Waals surface area contributed by atoms with Crippen LogP contribution in [0.15, 0.2) is 22.7 Å². The predicted molar refractivity (Wildman–Crippen MR) is 84.1 cm³/mol. The first-order chi connectivity index (χ1) is 9.06. The Hall–Kier alpha value is -0.290. The molecule has 1 aromatic rings. The molecular formula is C14H20BrClN2O. The molecule has 0 aliphatic carbocycles. The van der Waals surface area contributed by atoms with Gasteiger partial charge in [0.05, 0.1) is 17.7 Å². The Balaban J connectivity index is 1.86. The van der Waals surface area contributed by atoms with Crippen LogP contribution >= 0.6 is 27.5 Å². The average molecular weight is 348 g/mol. The van der Waals surface area contributed by atoms with Gasteiger partial charge < -0.3 is 10.1 Å². The van der Waals surface area contributed by atoms with Crippen molar-refractivity contribution in [3.8, 4) is 0 Å². The smallest absolute Gasteiger partial charge is 0.0874 e. The number of rotatable bonds is 4. The molecule has 1 atom stereocenters. The van der Waals surface area contributed by atoms with Crippen molar-refractivity contribution in [3.05, 3.63) is 27.7 Å². The molecule has 0 bridgehead atoms. The molecule has 1 unspecified atom stereocenters. The van der Waals surface area contributed by atoms with Crippen LogP contribution in [-0.2, 0) is 4.74 Å². The molecule has 1 fully saturated rings. The van der Waals surface area contributed by atoms with Gasteiger partial charge in [0, 0.05) is 35.8 Å². The van der Waals surface area contributed by atoms with Gasteiger partial charge in [0.25, 0.3) is 0 Å². The molecule has 1 aliphatic rings. The van der Waals surface area contributed by atoms with E-state index >= 15 is 0 Å². The maximum atomic E-state index is 6.07. The number of benzene rings is 1. The Kier molecular flexibility index (Phi) is 5.51. The lowest BCUT2D eigenvalue weighted by atomic mass is 10.2. The molecule has 106 valence electrons. The van der Waals surface area contributed by atoms with Gasteiger partial charge in [-0.05, 0) is 48.0 Å². The number of halogens is 2. The molecule has 0 saturated carbocycles. The minimum absolute atomic E-state index is 0.235. The topological polar surface area (TPSA) is 24.5 Å². The largest absolute Gasteiger partial charge is 0.382 e. The second-order valence-corrected chi connectivity index (χ2v) is 6.35. The van der Waals surface area contributed by atoms with Crippen LogP contribution in [0.25, 0.3) is 0 Å². The number of hydrogen-bond acceptors (Lipinski definition) is 3. The third-order valence-electron chi connectivity index (χ3n) is 3.35. The SMILES string of the molecule is CC(C)N1CCOC(CNc2ccc(Br)c(Cl)c2)C1. The van der Waals surface area contributed by atoms with E-state index in [1.807, 2.05) is 18.2 Å².